The van der Waals surface area contributed by atoms with Crippen molar-refractivity contribution < 1.29 is 28.7 Å². The number of ether oxygens (including phenoxy) is 2. The van der Waals surface area contributed by atoms with Crippen molar-refractivity contribution in [2.75, 3.05) is 39.4 Å². The molecule has 0 atom stereocenters. The average molecular weight is 427 g/mol. The van der Waals surface area contributed by atoms with Gasteiger partial charge in [-0.1, -0.05) is 26.0 Å². The third-order valence-electron chi connectivity index (χ3n) is 3.66. The summed E-state index contributed by atoms with van der Waals surface area (Å²) >= 11 is 0. The van der Waals surface area contributed by atoms with Crippen LogP contribution in [0.3, 0.4) is 0 Å². The number of alkyl carbamates (subject to hydrolysis) is 2. The van der Waals surface area contributed by atoms with E-state index in [1.807, 2.05) is 0 Å². The van der Waals surface area contributed by atoms with E-state index in [4.69, 9.17) is 9.47 Å². The predicted molar refractivity (Wildman–Crippen MR) is 113 cm³/mol. The minimum atomic E-state index is -0.525. The molecule has 0 heterocycles. The topological polar surface area (TPSA) is 135 Å². The highest BCUT2D eigenvalue weighted by Crippen LogP contribution is 1.98. The van der Waals surface area contributed by atoms with Gasteiger partial charge >= 0.3 is 12.2 Å². The van der Waals surface area contributed by atoms with Gasteiger partial charge < -0.3 is 30.7 Å². The zero-order valence-electron chi connectivity index (χ0n) is 17.9. The van der Waals surface area contributed by atoms with Crippen LogP contribution in [0.25, 0.3) is 0 Å². The maximum Gasteiger partial charge on any atom is 0.407 e. The zero-order chi connectivity index (χ0) is 22.8. The van der Waals surface area contributed by atoms with Crippen LogP contribution in [0.15, 0.2) is 24.3 Å². The number of hydrogen-bond donors (Lipinski definition) is 4. The Morgan fingerprint density at radius 3 is 1.30 bits per heavy atom. The third-order valence-corrected chi connectivity index (χ3v) is 3.66. The highest BCUT2D eigenvalue weighted by atomic mass is 16.6. The summed E-state index contributed by atoms with van der Waals surface area (Å²) in [5, 5.41) is 10.4. The van der Waals surface area contributed by atoms with Crippen molar-refractivity contribution in [2.24, 2.45) is 0 Å². The first-order chi connectivity index (χ1) is 14.2. The Morgan fingerprint density at radius 2 is 0.967 bits per heavy atom. The lowest BCUT2D eigenvalue weighted by atomic mass is 10.2. The first-order valence-corrected chi connectivity index (χ1v) is 9.92. The molecule has 0 saturated heterocycles. The summed E-state index contributed by atoms with van der Waals surface area (Å²) in [6.45, 7) is 11.8. The number of carbonyl (C=O) groups is 4. The summed E-state index contributed by atoms with van der Waals surface area (Å²) < 4.78 is 9.85. The molecule has 0 radical (unpaired) electrons. The number of carbonyl (C=O) groups excluding carboxylic acids is 4. The molecule has 0 saturated carbocycles. The Hall–Kier alpha value is -3.04. The van der Waals surface area contributed by atoms with Crippen molar-refractivity contribution in [3.63, 3.8) is 0 Å². The molecule has 30 heavy (non-hydrogen) atoms. The fourth-order valence-corrected chi connectivity index (χ4v) is 2.00. The van der Waals surface area contributed by atoms with E-state index in [0.717, 1.165) is 25.7 Å². The van der Waals surface area contributed by atoms with Gasteiger partial charge in [0.15, 0.2) is 0 Å². The van der Waals surface area contributed by atoms with Crippen molar-refractivity contribution in [3.8, 4) is 0 Å². The van der Waals surface area contributed by atoms with Gasteiger partial charge in [0, 0.05) is 24.2 Å². The number of unbranched alkanes of at least 4 members (excludes halogenated alkanes) is 3. The molecule has 170 valence electrons. The van der Waals surface area contributed by atoms with Gasteiger partial charge in [0.05, 0.1) is 13.1 Å². The molecule has 10 nitrogen and oxygen atoms in total. The fraction of sp³-hybridized carbons (Fsp3) is 0.600. The number of nitrogens with one attached hydrogen (secondary N) is 4. The molecule has 0 aliphatic carbocycles. The third kappa shape index (κ3) is 16.0. The van der Waals surface area contributed by atoms with E-state index in [1.54, 1.807) is 13.8 Å². The molecule has 0 rings (SSSR count). The van der Waals surface area contributed by atoms with E-state index in [-0.39, 0.29) is 38.1 Å². The van der Waals surface area contributed by atoms with Crippen molar-refractivity contribution in [2.45, 2.75) is 39.5 Å². The first-order valence-electron chi connectivity index (χ1n) is 9.92. The smallest absolute Gasteiger partial charge is 0.407 e. The molecule has 0 aliphatic rings. The molecular weight excluding hydrogens is 392 g/mol. The van der Waals surface area contributed by atoms with Gasteiger partial charge in [-0.2, -0.15) is 0 Å². The van der Waals surface area contributed by atoms with E-state index in [2.05, 4.69) is 34.4 Å². The van der Waals surface area contributed by atoms with Gasteiger partial charge in [-0.05, 0) is 26.7 Å². The van der Waals surface area contributed by atoms with Crippen molar-refractivity contribution >= 4 is 24.0 Å². The van der Waals surface area contributed by atoms with E-state index >= 15 is 0 Å². The normalized spacial score (nSPS) is 9.80. The summed E-state index contributed by atoms with van der Waals surface area (Å²) in [5.41, 5.74) is 0.798. The van der Waals surface area contributed by atoms with Gasteiger partial charge in [-0.15, -0.1) is 0 Å². The van der Waals surface area contributed by atoms with Crippen molar-refractivity contribution in [1.82, 2.24) is 21.3 Å². The van der Waals surface area contributed by atoms with Crippen LogP contribution in [0, 0.1) is 0 Å². The number of hydrogen-bond acceptors (Lipinski definition) is 6. The molecule has 0 aliphatic heterocycles. The van der Waals surface area contributed by atoms with Gasteiger partial charge in [-0.3, -0.25) is 9.59 Å². The van der Waals surface area contributed by atoms with Crippen molar-refractivity contribution in [1.29, 1.82) is 0 Å². The van der Waals surface area contributed by atoms with Crippen LogP contribution in [0.1, 0.15) is 39.5 Å². The van der Waals surface area contributed by atoms with Crippen LogP contribution < -0.4 is 21.3 Å². The highest BCUT2D eigenvalue weighted by molar-refractivity contribution is 5.92. The minimum Gasteiger partial charge on any atom is -0.448 e. The molecule has 0 bridgehead atoms. The van der Waals surface area contributed by atoms with Crippen LogP contribution in [-0.4, -0.2) is 63.4 Å². The van der Waals surface area contributed by atoms with E-state index < -0.39 is 12.2 Å². The molecule has 4 amide bonds. The molecule has 0 unspecified atom stereocenters. The van der Waals surface area contributed by atoms with E-state index in [0.29, 0.717) is 24.2 Å². The largest absolute Gasteiger partial charge is 0.448 e. The highest BCUT2D eigenvalue weighted by Gasteiger charge is 2.04. The van der Waals surface area contributed by atoms with E-state index in [9.17, 15) is 19.2 Å². The second-order valence-electron chi connectivity index (χ2n) is 6.61. The molecule has 0 fully saturated rings. The maximum absolute atomic E-state index is 11.5. The summed E-state index contributed by atoms with van der Waals surface area (Å²) in [5.74, 6) is -0.539. The fourth-order valence-electron chi connectivity index (χ4n) is 2.00. The minimum absolute atomic E-state index is 0.0902. The molecule has 0 spiro atoms. The van der Waals surface area contributed by atoms with Gasteiger partial charge in [0.25, 0.3) is 0 Å². The standard InChI is InChI=1S/C20H34N4O6/c1-15(2)17(25)21-11-13-29-19(27)23-9-7-5-6-8-10-24-20(28)30-14-12-22-18(26)16(3)4/h1,3,5-14H2,2,4H3,(H,21,25)(H,22,26)(H,23,27)(H,24,28). The van der Waals surface area contributed by atoms with Gasteiger partial charge in [0.1, 0.15) is 13.2 Å². The molecule has 10 heteroatoms. The summed E-state index contributed by atoms with van der Waals surface area (Å²) in [6.07, 6.45) is 2.30. The molecule has 0 aromatic heterocycles. The lowest BCUT2D eigenvalue weighted by Gasteiger charge is -2.09. The quantitative estimate of drug-likeness (QED) is 0.231. The SMILES string of the molecule is C=C(C)C(=O)NCCOC(=O)NCCCCCCNC(=O)OCCNC(=O)C(=C)C. The first kappa shape index (κ1) is 27.0. The molecule has 0 aromatic rings. The monoisotopic (exact) mass is 426 g/mol. The molecular formula is C20H34N4O6. The predicted octanol–water partition coefficient (Wildman–Crippen LogP) is 1.38. The van der Waals surface area contributed by atoms with Crippen molar-refractivity contribution in [3.05, 3.63) is 24.3 Å². The van der Waals surface area contributed by atoms with Gasteiger partial charge in [0.2, 0.25) is 11.8 Å². The molecule has 4 N–H and O–H groups in total. The Kier molecular flexibility index (Phi) is 15.2. The second kappa shape index (κ2) is 16.9. The Bertz CT molecular complexity index is 554. The lowest BCUT2D eigenvalue weighted by molar-refractivity contribution is -0.118. The van der Waals surface area contributed by atoms with Crippen LogP contribution in [-0.2, 0) is 19.1 Å². The Labute approximate surface area is 177 Å². The summed E-state index contributed by atoms with van der Waals surface area (Å²) in [4.78, 5) is 45.4. The van der Waals surface area contributed by atoms with Crippen LogP contribution in [0.5, 0.6) is 0 Å². The maximum atomic E-state index is 11.5. The van der Waals surface area contributed by atoms with E-state index in [1.165, 1.54) is 0 Å². The second-order valence-corrected chi connectivity index (χ2v) is 6.61. The van der Waals surface area contributed by atoms with Crippen LogP contribution in [0.2, 0.25) is 0 Å². The van der Waals surface area contributed by atoms with Gasteiger partial charge in [-0.25, -0.2) is 9.59 Å². The Balaban J connectivity index is 3.44. The number of rotatable bonds is 15. The Morgan fingerprint density at radius 1 is 0.600 bits per heavy atom. The zero-order valence-corrected chi connectivity index (χ0v) is 17.9. The van der Waals surface area contributed by atoms with Crippen LogP contribution in [0.4, 0.5) is 9.59 Å². The summed E-state index contributed by atoms with van der Waals surface area (Å²) in [6, 6.07) is 0. The lowest BCUT2D eigenvalue weighted by Crippen LogP contribution is -2.31. The molecule has 0 aromatic carbocycles. The summed E-state index contributed by atoms with van der Waals surface area (Å²) in [7, 11) is 0. The number of amides is 4. The average Bonchev–Trinajstić information content (AvgIpc) is 2.69. The van der Waals surface area contributed by atoms with Crippen LogP contribution >= 0.6 is 0 Å².